The monoisotopic (exact) mass is 234 g/mol. The largest absolute Gasteiger partial charge is 0.489 e. The van der Waals surface area contributed by atoms with Gasteiger partial charge in [0.05, 0.1) is 0 Å². The second-order valence-corrected chi connectivity index (χ2v) is 4.64. The van der Waals surface area contributed by atoms with Crippen LogP contribution >= 0.6 is 0 Å². The molecule has 17 heavy (non-hydrogen) atoms. The summed E-state index contributed by atoms with van der Waals surface area (Å²) in [5, 5.41) is 0. The standard InChI is InChI=1S/C13H18N2O2/c1-9-3-4-10(13(14)16)7-12(9)17-11-5-6-15(2)8-11/h3-4,7,11H,5-6,8H2,1-2H3,(H2,14,16)/t11-/m0/s1. The Morgan fingerprint density at radius 2 is 2.29 bits per heavy atom. The lowest BCUT2D eigenvalue weighted by molar-refractivity contribution is 0.0999. The molecule has 0 bridgehead atoms. The number of primary amides is 1. The topological polar surface area (TPSA) is 55.6 Å². The Bertz CT molecular complexity index is 431. The van der Waals surface area contributed by atoms with Gasteiger partial charge in [-0.15, -0.1) is 0 Å². The van der Waals surface area contributed by atoms with Crippen LogP contribution in [0, 0.1) is 6.92 Å². The van der Waals surface area contributed by atoms with Crippen molar-refractivity contribution in [3.8, 4) is 5.75 Å². The Morgan fingerprint density at radius 1 is 1.53 bits per heavy atom. The molecule has 0 radical (unpaired) electrons. The predicted octanol–water partition coefficient (Wildman–Crippen LogP) is 1.18. The van der Waals surface area contributed by atoms with Crippen LogP contribution in [0.15, 0.2) is 18.2 Å². The van der Waals surface area contributed by atoms with Gasteiger partial charge in [0.1, 0.15) is 11.9 Å². The van der Waals surface area contributed by atoms with Crippen molar-refractivity contribution in [2.45, 2.75) is 19.4 Å². The van der Waals surface area contributed by atoms with E-state index in [1.54, 1.807) is 12.1 Å². The van der Waals surface area contributed by atoms with Crippen LogP contribution in [-0.2, 0) is 0 Å². The van der Waals surface area contributed by atoms with Gasteiger partial charge >= 0.3 is 0 Å². The number of carbonyl (C=O) groups is 1. The van der Waals surface area contributed by atoms with Gasteiger partial charge in [-0.05, 0) is 38.1 Å². The van der Waals surface area contributed by atoms with Gasteiger partial charge in [0.25, 0.3) is 0 Å². The third kappa shape index (κ3) is 2.77. The number of benzene rings is 1. The highest BCUT2D eigenvalue weighted by Crippen LogP contribution is 2.23. The predicted molar refractivity (Wildman–Crippen MR) is 66.2 cm³/mol. The maximum Gasteiger partial charge on any atom is 0.248 e. The fourth-order valence-corrected chi connectivity index (χ4v) is 2.05. The molecule has 1 heterocycles. The van der Waals surface area contributed by atoms with E-state index >= 15 is 0 Å². The minimum atomic E-state index is -0.418. The first-order valence-corrected chi connectivity index (χ1v) is 5.82. The molecule has 0 spiro atoms. The minimum absolute atomic E-state index is 0.210. The second-order valence-electron chi connectivity index (χ2n) is 4.64. The summed E-state index contributed by atoms with van der Waals surface area (Å²) in [5.74, 6) is 0.347. The molecule has 1 atom stereocenters. The van der Waals surface area contributed by atoms with Gasteiger partial charge in [-0.2, -0.15) is 0 Å². The van der Waals surface area contributed by atoms with Gasteiger partial charge in [-0.1, -0.05) is 6.07 Å². The molecule has 1 saturated heterocycles. The van der Waals surface area contributed by atoms with Crippen molar-refractivity contribution >= 4 is 5.91 Å². The van der Waals surface area contributed by atoms with E-state index in [4.69, 9.17) is 10.5 Å². The van der Waals surface area contributed by atoms with E-state index in [1.165, 1.54) is 0 Å². The third-order valence-electron chi connectivity index (χ3n) is 3.11. The molecule has 2 rings (SSSR count). The number of ether oxygens (including phenoxy) is 1. The number of nitrogens with zero attached hydrogens (tertiary/aromatic N) is 1. The van der Waals surface area contributed by atoms with Gasteiger partial charge in [-0.25, -0.2) is 0 Å². The Morgan fingerprint density at radius 3 is 2.88 bits per heavy atom. The number of likely N-dealkylation sites (tertiary alicyclic amines) is 1. The fraction of sp³-hybridized carbons (Fsp3) is 0.462. The van der Waals surface area contributed by atoms with Crippen LogP contribution in [-0.4, -0.2) is 37.0 Å². The number of amides is 1. The number of carbonyl (C=O) groups excluding carboxylic acids is 1. The molecule has 4 heteroatoms. The number of nitrogens with two attached hydrogens (primary N) is 1. The first kappa shape index (κ1) is 11.9. The van der Waals surface area contributed by atoms with E-state index in [1.807, 2.05) is 13.0 Å². The molecular weight excluding hydrogens is 216 g/mol. The van der Waals surface area contributed by atoms with Crippen LogP contribution in [0.4, 0.5) is 0 Å². The van der Waals surface area contributed by atoms with E-state index < -0.39 is 5.91 Å². The SMILES string of the molecule is Cc1ccc(C(N)=O)cc1O[C@H]1CCN(C)C1. The Kier molecular flexibility index (Phi) is 3.33. The summed E-state index contributed by atoms with van der Waals surface area (Å²) in [6.07, 6.45) is 1.23. The first-order chi connectivity index (χ1) is 8.06. The van der Waals surface area contributed by atoms with E-state index in [-0.39, 0.29) is 6.10 Å². The molecule has 1 aliphatic rings. The summed E-state index contributed by atoms with van der Waals surface area (Å²) < 4.78 is 5.92. The summed E-state index contributed by atoms with van der Waals surface area (Å²) in [6, 6.07) is 5.33. The summed E-state index contributed by atoms with van der Waals surface area (Å²) in [5.41, 5.74) is 6.79. The first-order valence-electron chi connectivity index (χ1n) is 5.82. The zero-order valence-electron chi connectivity index (χ0n) is 10.3. The van der Waals surface area contributed by atoms with Crippen molar-refractivity contribution < 1.29 is 9.53 Å². The van der Waals surface area contributed by atoms with Crippen LogP contribution in [0.2, 0.25) is 0 Å². The molecule has 92 valence electrons. The number of aryl methyl sites for hydroxylation is 1. The smallest absolute Gasteiger partial charge is 0.248 e. The lowest BCUT2D eigenvalue weighted by Crippen LogP contribution is -2.22. The molecule has 1 aliphatic heterocycles. The maximum absolute atomic E-state index is 11.1. The van der Waals surface area contributed by atoms with Gasteiger partial charge < -0.3 is 15.4 Å². The highest BCUT2D eigenvalue weighted by atomic mass is 16.5. The number of likely N-dealkylation sites (N-methyl/N-ethyl adjacent to an activating group) is 1. The zero-order valence-corrected chi connectivity index (χ0v) is 10.3. The lowest BCUT2D eigenvalue weighted by atomic mass is 10.1. The summed E-state index contributed by atoms with van der Waals surface area (Å²) >= 11 is 0. The van der Waals surface area contributed by atoms with Crippen molar-refractivity contribution in [3.05, 3.63) is 29.3 Å². The van der Waals surface area contributed by atoms with E-state index in [2.05, 4.69) is 11.9 Å². The van der Waals surface area contributed by atoms with Crippen molar-refractivity contribution in [2.24, 2.45) is 5.73 Å². The van der Waals surface area contributed by atoms with Gasteiger partial charge in [0, 0.05) is 18.7 Å². The zero-order chi connectivity index (χ0) is 12.4. The molecular formula is C13H18N2O2. The van der Waals surface area contributed by atoms with Crippen molar-refractivity contribution in [3.63, 3.8) is 0 Å². The van der Waals surface area contributed by atoms with Gasteiger partial charge in [-0.3, -0.25) is 4.79 Å². The Hall–Kier alpha value is -1.55. The molecule has 1 aromatic carbocycles. The van der Waals surface area contributed by atoms with Crippen LogP contribution in [0.5, 0.6) is 5.75 Å². The molecule has 0 aliphatic carbocycles. The maximum atomic E-state index is 11.1. The quantitative estimate of drug-likeness (QED) is 0.854. The molecule has 1 aromatic rings. The summed E-state index contributed by atoms with van der Waals surface area (Å²) in [6.45, 7) is 3.96. The normalized spacial score (nSPS) is 20.5. The molecule has 1 amide bonds. The average Bonchev–Trinajstić information content (AvgIpc) is 2.67. The fourth-order valence-electron chi connectivity index (χ4n) is 2.05. The lowest BCUT2D eigenvalue weighted by Gasteiger charge is -2.16. The summed E-state index contributed by atoms with van der Waals surface area (Å²) in [4.78, 5) is 13.3. The van der Waals surface area contributed by atoms with Crippen molar-refractivity contribution in [1.82, 2.24) is 4.90 Å². The molecule has 0 saturated carbocycles. The number of rotatable bonds is 3. The van der Waals surface area contributed by atoms with Gasteiger partial charge in [0.2, 0.25) is 5.91 Å². The average molecular weight is 234 g/mol. The number of hydrogen-bond donors (Lipinski definition) is 1. The van der Waals surface area contributed by atoms with Crippen LogP contribution < -0.4 is 10.5 Å². The molecule has 0 unspecified atom stereocenters. The van der Waals surface area contributed by atoms with Gasteiger partial charge in [0.15, 0.2) is 0 Å². The van der Waals surface area contributed by atoms with Crippen LogP contribution in [0.1, 0.15) is 22.3 Å². The Balaban J connectivity index is 2.14. The van der Waals surface area contributed by atoms with Crippen LogP contribution in [0.25, 0.3) is 0 Å². The van der Waals surface area contributed by atoms with E-state index in [0.717, 1.165) is 30.8 Å². The number of hydrogen-bond acceptors (Lipinski definition) is 3. The third-order valence-corrected chi connectivity index (χ3v) is 3.11. The second kappa shape index (κ2) is 4.75. The van der Waals surface area contributed by atoms with E-state index in [0.29, 0.717) is 5.56 Å². The molecule has 1 fully saturated rings. The molecule has 0 aromatic heterocycles. The van der Waals surface area contributed by atoms with Crippen LogP contribution in [0.3, 0.4) is 0 Å². The van der Waals surface area contributed by atoms with E-state index in [9.17, 15) is 4.79 Å². The Labute approximate surface area is 101 Å². The highest BCUT2D eigenvalue weighted by Gasteiger charge is 2.21. The highest BCUT2D eigenvalue weighted by molar-refractivity contribution is 5.93. The van der Waals surface area contributed by atoms with Crippen molar-refractivity contribution in [1.29, 1.82) is 0 Å². The molecule has 4 nitrogen and oxygen atoms in total. The molecule has 2 N–H and O–H groups in total. The van der Waals surface area contributed by atoms with Crippen molar-refractivity contribution in [2.75, 3.05) is 20.1 Å². The summed E-state index contributed by atoms with van der Waals surface area (Å²) in [7, 11) is 2.08. The minimum Gasteiger partial charge on any atom is -0.489 e.